The minimum atomic E-state index is -0.177. The van der Waals surface area contributed by atoms with Gasteiger partial charge in [0, 0.05) is 32.4 Å². The highest BCUT2D eigenvalue weighted by Gasteiger charge is 2.37. The number of anilines is 1. The Balaban J connectivity index is 1.62. The van der Waals surface area contributed by atoms with Crippen LogP contribution in [0.15, 0.2) is 24.3 Å². The van der Waals surface area contributed by atoms with Crippen molar-refractivity contribution in [2.45, 2.75) is 6.42 Å². The summed E-state index contributed by atoms with van der Waals surface area (Å²) in [5.41, 5.74) is 0.974. The number of carbonyl (C=O) groups excluding carboxylic acids is 1. The molecule has 2 saturated heterocycles. The zero-order chi connectivity index (χ0) is 14.8. The number of likely N-dealkylation sites (tertiary alicyclic amines) is 1. The number of piperidine rings is 1. The summed E-state index contributed by atoms with van der Waals surface area (Å²) in [7, 11) is 1.68. The molecule has 0 radical (unpaired) electrons. The standard InChI is InChI=1S/C16H22FN3O/c1-18-16(21)11-19-6-5-12-9-20(10-13(12)8-19)15-4-2-3-14(17)7-15/h2-4,7,12-13H,5-6,8-11H2,1H3,(H,18,21)/t12-,13+/m0/s1. The number of rotatable bonds is 3. The van der Waals surface area contributed by atoms with Gasteiger partial charge in [0.05, 0.1) is 6.54 Å². The normalized spacial score (nSPS) is 25.7. The predicted molar refractivity (Wildman–Crippen MR) is 80.7 cm³/mol. The molecule has 1 N–H and O–H groups in total. The highest BCUT2D eigenvalue weighted by molar-refractivity contribution is 5.77. The number of halogens is 1. The number of hydrogen-bond acceptors (Lipinski definition) is 3. The van der Waals surface area contributed by atoms with E-state index >= 15 is 0 Å². The Morgan fingerprint density at radius 2 is 2.14 bits per heavy atom. The van der Waals surface area contributed by atoms with E-state index in [0.717, 1.165) is 38.3 Å². The van der Waals surface area contributed by atoms with Crippen LogP contribution in [-0.2, 0) is 4.79 Å². The van der Waals surface area contributed by atoms with E-state index in [1.54, 1.807) is 19.2 Å². The van der Waals surface area contributed by atoms with Gasteiger partial charge >= 0.3 is 0 Å². The molecule has 114 valence electrons. The van der Waals surface area contributed by atoms with Gasteiger partial charge in [-0.15, -0.1) is 0 Å². The Labute approximate surface area is 124 Å². The SMILES string of the molecule is CNC(=O)CN1CC[C@H]2CN(c3cccc(F)c3)C[C@H]2C1. The van der Waals surface area contributed by atoms with E-state index < -0.39 is 0 Å². The minimum absolute atomic E-state index is 0.0773. The summed E-state index contributed by atoms with van der Waals surface area (Å²) in [4.78, 5) is 16.0. The lowest BCUT2D eigenvalue weighted by molar-refractivity contribution is -0.122. The summed E-state index contributed by atoms with van der Waals surface area (Å²) in [5.74, 6) is 1.14. The molecule has 0 spiro atoms. The fraction of sp³-hybridized carbons (Fsp3) is 0.562. The lowest BCUT2D eigenvalue weighted by atomic mass is 9.89. The average molecular weight is 291 g/mol. The molecule has 0 unspecified atom stereocenters. The Hall–Kier alpha value is -1.62. The molecule has 1 aromatic rings. The molecule has 3 rings (SSSR count). The topological polar surface area (TPSA) is 35.6 Å². The van der Waals surface area contributed by atoms with Crippen LogP contribution in [0.2, 0.25) is 0 Å². The molecule has 0 aliphatic carbocycles. The summed E-state index contributed by atoms with van der Waals surface area (Å²) in [6.07, 6.45) is 1.12. The second-order valence-corrected chi connectivity index (χ2v) is 6.10. The smallest absolute Gasteiger partial charge is 0.233 e. The Morgan fingerprint density at radius 1 is 1.33 bits per heavy atom. The van der Waals surface area contributed by atoms with Gasteiger partial charge < -0.3 is 10.2 Å². The van der Waals surface area contributed by atoms with Crippen molar-refractivity contribution >= 4 is 11.6 Å². The Bertz CT molecular complexity index is 522. The van der Waals surface area contributed by atoms with Crippen LogP contribution < -0.4 is 10.2 Å². The van der Waals surface area contributed by atoms with Gasteiger partial charge in [-0.05, 0) is 43.0 Å². The summed E-state index contributed by atoms with van der Waals surface area (Å²) in [6.45, 7) is 4.38. The van der Waals surface area contributed by atoms with Crippen molar-refractivity contribution in [1.29, 1.82) is 0 Å². The molecular weight excluding hydrogens is 269 g/mol. The van der Waals surface area contributed by atoms with Crippen LogP contribution in [0.25, 0.3) is 0 Å². The molecule has 1 aromatic carbocycles. The zero-order valence-corrected chi connectivity index (χ0v) is 12.4. The van der Waals surface area contributed by atoms with E-state index in [9.17, 15) is 9.18 Å². The van der Waals surface area contributed by atoms with E-state index in [-0.39, 0.29) is 11.7 Å². The molecule has 2 fully saturated rings. The molecule has 0 saturated carbocycles. The van der Waals surface area contributed by atoms with Crippen LogP contribution in [0.1, 0.15) is 6.42 Å². The maximum atomic E-state index is 13.4. The van der Waals surface area contributed by atoms with Gasteiger partial charge in [-0.1, -0.05) is 6.07 Å². The van der Waals surface area contributed by atoms with Crippen molar-refractivity contribution in [2.75, 3.05) is 44.7 Å². The first-order valence-electron chi connectivity index (χ1n) is 7.59. The monoisotopic (exact) mass is 291 g/mol. The Morgan fingerprint density at radius 3 is 2.90 bits per heavy atom. The third kappa shape index (κ3) is 3.18. The van der Waals surface area contributed by atoms with Crippen molar-refractivity contribution in [1.82, 2.24) is 10.2 Å². The van der Waals surface area contributed by atoms with E-state index in [0.29, 0.717) is 18.4 Å². The summed E-state index contributed by atoms with van der Waals surface area (Å²) in [6, 6.07) is 6.84. The zero-order valence-electron chi connectivity index (χ0n) is 12.4. The van der Waals surface area contributed by atoms with E-state index in [1.807, 2.05) is 6.07 Å². The van der Waals surface area contributed by atoms with Crippen LogP contribution in [0.5, 0.6) is 0 Å². The number of fused-ring (bicyclic) bond motifs is 1. The van der Waals surface area contributed by atoms with Crippen LogP contribution in [0, 0.1) is 17.7 Å². The second kappa shape index (κ2) is 6.02. The van der Waals surface area contributed by atoms with Crippen molar-refractivity contribution in [3.63, 3.8) is 0 Å². The molecule has 2 aliphatic heterocycles. The van der Waals surface area contributed by atoms with Crippen molar-refractivity contribution in [3.05, 3.63) is 30.1 Å². The maximum Gasteiger partial charge on any atom is 0.233 e. The highest BCUT2D eigenvalue weighted by Crippen LogP contribution is 2.34. The number of nitrogens with one attached hydrogen (secondary N) is 1. The number of benzene rings is 1. The third-order valence-corrected chi connectivity index (χ3v) is 4.70. The van der Waals surface area contributed by atoms with Gasteiger partial charge in [-0.2, -0.15) is 0 Å². The first-order valence-corrected chi connectivity index (χ1v) is 7.59. The van der Waals surface area contributed by atoms with Gasteiger partial charge in [0.2, 0.25) is 5.91 Å². The highest BCUT2D eigenvalue weighted by atomic mass is 19.1. The molecule has 21 heavy (non-hydrogen) atoms. The lowest BCUT2D eigenvalue weighted by Crippen LogP contribution is -2.44. The molecule has 1 amide bonds. The van der Waals surface area contributed by atoms with Gasteiger partial charge in [-0.3, -0.25) is 9.69 Å². The number of carbonyl (C=O) groups is 1. The van der Waals surface area contributed by atoms with Crippen LogP contribution in [-0.4, -0.2) is 50.6 Å². The molecule has 5 heteroatoms. The molecule has 0 aromatic heterocycles. The van der Waals surface area contributed by atoms with Crippen LogP contribution in [0.3, 0.4) is 0 Å². The number of nitrogens with zero attached hydrogens (tertiary/aromatic N) is 2. The quantitative estimate of drug-likeness (QED) is 0.912. The lowest BCUT2D eigenvalue weighted by Gasteiger charge is -2.33. The van der Waals surface area contributed by atoms with Gasteiger partial charge in [0.25, 0.3) is 0 Å². The fourth-order valence-corrected chi connectivity index (χ4v) is 3.55. The number of amides is 1. The summed E-state index contributed by atoms with van der Waals surface area (Å²) in [5, 5.41) is 2.68. The van der Waals surface area contributed by atoms with Crippen molar-refractivity contribution < 1.29 is 9.18 Å². The van der Waals surface area contributed by atoms with Gasteiger partial charge in [-0.25, -0.2) is 4.39 Å². The number of hydrogen-bond donors (Lipinski definition) is 1. The van der Waals surface area contributed by atoms with E-state index in [1.165, 1.54) is 6.07 Å². The van der Waals surface area contributed by atoms with Crippen molar-refractivity contribution in [3.8, 4) is 0 Å². The summed E-state index contributed by atoms with van der Waals surface area (Å²) < 4.78 is 13.4. The fourth-order valence-electron chi connectivity index (χ4n) is 3.55. The minimum Gasteiger partial charge on any atom is -0.371 e. The van der Waals surface area contributed by atoms with Crippen LogP contribution >= 0.6 is 0 Å². The first kappa shape index (κ1) is 14.3. The molecule has 2 aliphatic rings. The Kier molecular flexibility index (Phi) is 4.10. The van der Waals surface area contributed by atoms with E-state index in [2.05, 4.69) is 15.1 Å². The van der Waals surface area contributed by atoms with Crippen molar-refractivity contribution in [2.24, 2.45) is 11.8 Å². The van der Waals surface area contributed by atoms with Gasteiger partial charge in [0.15, 0.2) is 0 Å². The molecule has 2 heterocycles. The van der Waals surface area contributed by atoms with E-state index in [4.69, 9.17) is 0 Å². The maximum absolute atomic E-state index is 13.4. The predicted octanol–water partition coefficient (Wildman–Crippen LogP) is 1.33. The molecule has 2 atom stereocenters. The summed E-state index contributed by atoms with van der Waals surface area (Å²) >= 11 is 0. The number of likely N-dealkylation sites (N-methyl/N-ethyl adjacent to an activating group) is 1. The first-order chi connectivity index (χ1) is 10.2. The third-order valence-electron chi connectivity index (χ3n) is 4.70. The average Bonchev–Trinajstić information content (AvgIpc) is 2.90. The van der Waals surface area contributed by atoms with Crippen LogP contribution in [0.4, 0.5) is 10.1 Å². The molecule has 4 nitrogen and oxygen atoms in total. The van der Waals surface area contributed by atoms with Gasteiger partial charge in [0.1, 0.15) is 5.82 Å². The molecule has 0 bridgehead atoms. The molecular formula is C16H22FN3O. The second-order valence-electron chi connectivity index (χ2n) is 6.10. The largest absolute Gasteiger partial charge is 0.371 e.